The fraction of sp³-hybridized carbons (Fsp3) is 0.440. The Morgan fingerprint density at radius 1 is 1.16 bits per heavy atom. The third-order valence-corrected chi connectivity index (χ3v) is 6.50. The van der Waals surface area contributed by atoms with Crippen LogP contribution in [0.4, 0.5) is 4.39 Å². The van der Waals surface area contributed by atoms with Crippen LogP contribution >= 0.6 is 23.4 Å². The number of nitrogens with one attached hydrogen (secondary N) is 1. The molecule has 0 spiro atoms. The van der Waals surface area contributed by atoms with E-state index in [1.54, 1.807) is 17.0 Å². The number of halogens is 2. The van der Waals surface area contributed by atoms with E-state index >= 15 is 0 Å². The van der Waals surface area contributed by atoms with Crippen LogP contribution in [0.1, 0.15) is 43.9 Å². The lowest BCUT2D eigenvalue weighted by Gasteiger charge is -2.31. The van der Waals surface area contributed by atoms with Crippen LogP contribution in [0.2, 0.25) is 5.02 Å². The summed E-state index contributed by atoms with van der Waals surface area (Å²) in [7, 11) is 0. The molecule has 174 valence electrons. The molecule has 2 rings (SSSR count). The van der Waals surface area contributed by atoms with E-state index in [0.29, 0.717) is 36.0 Å². The molecule has 0 saturated carbocycles. The van der Waals surface area contributed by atoms with Crippen LogP contribution in [-0.4, -0.2) is 35.1 Å². The van der Waals surface area contributed by atoms with Gasteiger partial charge in [0.05, 0.1) is 5.75 Å². The molecule has 7 heteroatoms. The minimum atomic E-state index is -0.571. The molecule has 0 bridgehead atoms. The van der Waals surface area contributed by atoms with E-state index in [9.17, 15) is 14.0 Å². The van der Waals surface area contributed by atoms with E-state index < -0.39 is 6.04 Å². The lowest BCUT2D eigenvalue weighted by Crippen LogP contribution is -2.50. The number of hydrogen-bond acceptors (Lipinski definition) is 3. The van der Waals surface area contributed by atoms with Gasteiger partial charge in [-0.15, -0.1) is 11.8 Å². The first-order valence-corrected chi connectivity index (χ1v) is 12.4. The van der Waals surface area contributed by atoms with Crippen LogP contribution in [0.3, 0.4) is 0 Å². The number of benzene rings is 2. The van der Waals surface area contributed by atoms with Crippen molar-refractivity contribution in [3.05, 3.63) is 70.0 Å². The van der Waals surface area contributed by atoms with Crippen LogP contribution in [0.5, 0.6) is 0 Å². The number of carbonyl (C=O) groups is 2. The van der Waals surface area contributed by atoms with Gasteiger partial charge in [0.25, 0.3) is 0 Å². The molecule has 1 atom stereocenters. The summed E-state index contributed by atoms with van der Waals surface area (Å²) >= 11 is 7.40. The summed E-state index contributed by atoms with van der Waals surface area (Å²) in [5.74, 6) is 0.0466. The van der Waals surface area contributed by atoms with Crippen LogP contribution in [-0.2, 0) is 21.9 Å². The lowest BCUT2D eigenvalue weighted by atomic mass is 10.1. The highest BCUT2D eigenvalue weighted by Gasteiger charge is 2.29. The molecular formula is C25H32ClFN2O2S. The molecule has 0 aliphatic rings. The molecule has 0 saturated heterocycles. The average Bonchev–Trinajstić information content (AvgIpc) is 2.75. The molecule has 4 nitrogen and oxygen atoms in total. The number of amides is 2. The minimum absolute atomic E-state index is 0.129. The van der Waals surface area contributed by atoms with E-state index in [-0.39, 0.29) is 29.1 Å². The highest BCUT2D eigenvalue weighted by Crippen LogP contribution is 2.25. The van der Waals surface area contributed by atoms with Gasteiger partial charge in [-0.05, 0) is 42.5 Å². The standard InChI is InChI=1S/C25H32ClFN2O2S/c1-5-23(25(31)28-13-17(2)3)29(14-19-10-7-6-9-18(19)4)24(30)16-32-15-20-21(26)11-8-12-22(20)27/h6-12,17,23H,5,13-16H2,1-4H3,(H,28,31)/t23-/m1/s1. The first-order valence-electron chi connectivity index (χ1n) is 10.9. The summed E-state index contributed by atoms with van der Waals surface area (Å²) in [4.78, 5) is 27.8. The van der Waals surface area contributed by atoms with E-state index in [0.717, 1.165) is 11.1 Å². The summed E-state index contributed by atoms with van der Waals surface area (Å²) in [5.41, 5.74) is 2.45. The molecular weight excluding hydrogens is 447 g/mol. The third-order valence-electron chi connectivity index (χ3n) is 5.21. The van der Waals surface area contributed by atoms with Gasteiger partial charge in [-0.2, -0.15) is 0 Å². The summed E-state index contributed by atoms with van der Waals surface area (Å²) in [5, 5.41) is 3.31. The van der Waals surface area contributed by atoms with Crippen LogP contribution in [0, 0.1) is 18.7 Å². The Bertz CT molecular complexity index is 902. The topological polar surface area (TPSA) is 49.4 Å². The van der Waals surface area contributed by atoms with Crippen molar-refractivity contribution >= 4 is 35.2 Å². The number of hydrogen-bond donors (Lipinski definition) is 1. The zero-order valence-corrected chi connectivity index (χ0v) is 20.7. The van der Waals surface area contributed by atoms with Crippen molar-refractivity contribution in [2.75, 3.05) is 12.3 Å². The van der Waals surface area contributed by atoms with Crippen LogP contribution in [0.25, 0.3) is 0 Å². The van der Waals surface area contributed by atoms with E-state index in [1.807, 2.05) is 52.0 Å². The van der Waals surface area contributed by atoms with Gasteiger partial charge in [0.15, 0.2) is 0 Å². The second-order valence-electron chi connectivity index (χ2n) is 8.20. The molecule has 0 aromatic heterocycles. The fourth-order valence-electron chi connectivity index (χ4n) is 3.31. The maximum atomic E-state index is 14.1. The van der Waals surface area contributed by atoms with Crippen LogP contribution in [0.15, 0.2) is 42.5 Å². The van der Waals surface area contributed by atoms with E-state index in [1.165, 1.54) is 17.8 Å². The quantitative estimate of drug-likeness (QED) is 0.457. The number of thioether (sulfide) groups is 1. The summed E-state index contributed by atoms with van der Waals surface area (Å²) in [6.45, 7) is 8.86. The summed E-state index contributed by atoms with van der Waals surface area (Å²) in [6.07, 6.45) is 0.505. The van der Waals surface area contributed by atoms with Gasteiger partial charge in [0.1, 0.15) is 11.9 Å². The molecule has 0 heterocycles. The normalized spacial score (nSPS) is 12.0. The van der Waals surface area contributed by atoms with Gasteiger partial charge < -0.3 is 10.2 Å². The Morgan fingerprint density at radius 2 is 1.88 bits per heavy atom. The number of carbonyl (C=O) groups excluding carboxylic acids is 2. The lowest BCUT2D eigenvalue weighted by molar-refractivity contribution is -0.139. The zero-order chi connectivity index (χ0) is 23.7. The molecule has 1 N–H and O–H groups in total. The molecule has 0 radical (unpaired) electrons. The predicted molar refractivity (Wildman–Crippen MR) is 131 cm³/mol. The van der Waals surface area contributed by atoms with Gasteiger partial charge in [0, 0.05) is 29.4 Å². The fourth-order valence-corrected chi connectivity index (χ4v) is 4.56. The average molecular weight is 479 g/mol. The molecule has 2 aromatic rings. The first kappa shape index (κ1) is 26.2. The van der Waals surface area contributed by atoms with Crippen molar-refractivity contribution in [2.24, 2.45) is 5.92 Å². The van der Waals surface area contributed by atoms with Crippen LogP contribution < -0.4 is 5.32 Å². The van der Waals surface area contributed by atoms with Gasteiger partial charge in [-0.1, -0.05) is 62.7 Å². The third kappa shape index (κ3) is 7.52. The van der Waals surface area contributed by atoms with Gasteiger partial charge in [-0.3, -0.25) is 9.59 Å². The zero-order valence-electron chi connectivity index (χ0n) is 19.2. The Labute approximate surface area is 199 Å². The summed E-state index contributed by atoms with van der Waals surface area (Å²) in [6, 6.07) is 11.8. The van der Waals surface area contributed by atoms with Gasteiger partial charge in [-0.25, -0.2) is 4.39 Å². The molecule has 2 amide bonds. The molecule has 32 heavy (non-hydrogen) atoms. The Kier molecular flexibility index (Phi) is 10.5. The minimum Gasteiger partial charge on any atom is -0.354 e. The number of nitrogens with zero attached hydrogens (tertiary/aromatic N) is 1. The van der Waals surface area contributed by atoms with Crippen molar-refractivity contribution in [3.8, 4) is 0 Å². The molecule has 0 fully saturated rings. The Morgan fingerprint density at radius 3 is 2.50 bits per heavy atom. The first-order chi connectivity index (χ1) is 15.2. The maximum Gasteiger partial charge on any atom is 0.242 e. The molecule has 0 unspecified atom stereocenters. The number of rotatable bonds is 11. The van der Waals surface area contributed by atoms with Crippen molar-refractivity contribution < 1.29 is 14.0 Å². The maximum absolute atomic E-state index is 14.1. The predicted octanol–water partition coefficient (Wildman–Crippen LogP) is 5.60. The largest absolute Gasteiger partial charge is 0.354 e. The number of aryl methyl sites for hydroxylation is 1. The summed E-state index contributed by atoms with van der Waals surface area (Å²) < 4.78 is 14.1. The highest BCUT2D eigenvalue weighted by molar-refractivity contribution is 7.99. The van der Waals surface area contributed by atoms with E-state index in [4.69, 9.17) is 11.6 Å². The Hall–Kier alpha value is -2.05. The van der Waals surface area contributed by atoms with Gasteiger partial charge >= 0.3 is 0 Å². The van der Waals surface area contributed by atoms with Crippen molar-refractivity contribution in [2.45, 2.75) is 52.5 Å². The second-order valence-corrected chi connectivity index (χ2v) is 9.60. The van der Waals surface area contributed by atoms with Crippen molar-refractivity contribution in [1.82, 2.24) is 10.2 Å². The molecule has 0 aliphatic heterocycles. The smallest absolute Gasteiger partial charge is 0.242 e. The van der Waals surface area contributed by atoms with E-state index in [2.05, 4.69) is 5.32 Å². The van der Waals surface area contributed by atoms with Crippen molar-refractivity contribution in [1.29, 1.82) is 0 Å². The van der Waals surface area contributed by atoms with Crippen molar-refractivity contribution in [3.63, 3.8) is 0 Å². The molecule has 0 aliphatic carbocycles. The SMILES string of the molecule is CC[C@H](C(=O)NCC(C)C)N(Cc1ccccc1C)C(=O)CSCc1c(F)cccc1Cl. The highest BCUT2D eigenvalue weighted by atomic mass is 35.5. The second kappa shape index (κ2) is 12.9. The Balaban J connectivity index is 2.17. The van der Waals surface area contributed by atoms with Gasteiger partial charge in [0.2, 0.25) is 11.8 Å². The molecule has 2 aromatic carbocycles. The monoisotopic (exact) mass is 478 g/mol.